The number of carbonyl (C=O) groups excluding carboxylic acids is 3. The minimum absolute atomic E-state index is 0.00559. The van der Waals surface area contributed by atoms with Crippen LogP contribution in [0.3, 0.4) is 0 Å². The van der Waals surface area contributed by atoms with Crippen LogP contribution in [0.1, 0.15) is 56.9 Å². The maximum Gasteiger partial charge on any atom is 0.363 e. The van der Waals surface area contributed by atoms with Crippen molar-refractivity contribution in [3.63, 3.8) is 0 Å². The van der Waals surface area contributed by atoms with Crippen molar-refractivity contribution in [2.45, 2.75) is 62.8 Å². The van der Waals surface area contributed by atoms with Crippen molar-refractivity contribution in [3.8, 4) is 0 Å². The molecule has 7 rings (SSSR count). The predicted molar refractivity (Wildman–Crippen MR) is 147 cm³/mol. The van der Waals surface area contributed by atoms with E-state index in [0.717, 1.165) is 87.3 Å². The maximum atomic E-state index is 13.7. The number of rotatable bonds is 4. The Morgan fingerprint density at radius 3 is 2.17 bits per heavy atom. The van der Waals surface area contributed by atoms with E-state index in [1.165, 1.54) is 6.07 Å². The molecule has 1 atom stereocenters. The van der Waals surface area contributed by atoms with Crippen LogP contribution in [0.4, 0.5) is 22.9 Å². The number of nitrogens with one attached hydrogen (secondary N) is 1. The molecule has 11 heteroatoms. The number of piperidine rings is 3. The first kappa shape index (κ1) is 25.0. The summed E-state index contributed by atoms with van der Waals surface area (Å²) in [6.45, 7) is 3.63. The lowest BCUT2D eigenvalue weighted by atomic mass is 9.71. The van der Waals surface area contributed by atoms with Gasteiger partial charge in [-0.05, 0) is 78.5 Å². The number of fused-ring (bicyclic) bond motifs is 2. The van der Waals surface area contributed by atoms with Gasteiger partial charge >= 0.3 is 5.82 Å². The third-order valence-corrected chi connectivity index (χ3v) is 9.93. The Balaban J connectivity index is 1.06. The summed E-state index contributed by atoms with van der Waals surface area (Å²) < 4.78 is 0. The Morgan fingerprint density at radius 1 is 0.900 bits per heavy atom. The molecule has 0 bridgehead atoms. The van der Waals surface area contributed by atoms with Crippen LogP contribution in [-0.4, -0.2) is 59.8 Å². The molecule has 4 fully saturated rings. The van der Waals surface area contributed by atoms with E-state index in [1.54, 1.807) is 17.2 Å². The van der Waals surface area contributed by atoms with E-state index in [0.29, 0.717) is 6.42 Å². The van der Waals surface area contributed by atoms with E-state index in [-0.39, 0.29) is 35.4 Å². The Kier molecular flexibility index (Phi) is 5.62. The second kappa shape index (κ2) is 9.00. The summed E-state index contributed by atoms with van der Waals surface area (Å²) in [6.07, 6.45) is 8.07. The highest BCUT2D eigenvalue weighted by Gasteiger charge is 2.62. The van der Waals surface area contributed by atoms with Gasteiger partial charge in [-0.25, -0.2) is 0 Å². The first-order valence-corrected chi connectivity index (χ1v) is 14.2. The van der Waals surface area contributed by atoms with Crippen molar-refractivity contribution in [2.75, 3.05) is 40.9 Å². The molecule has 4 aliphatic heterocycles. The zero-order chi connectivity index (χ0) is 27.6. The third-order valence-electron chi connectivity index (χ3n) is 9.93. The summed E-state index contributed by atoms with van der Waals surface area (Å²) in [6, 6.07) is 8.69. The van der Waals surface area contributed by atoms with Gasteiger partial charge in [0, 0.05) is 49.9 Å². The van der Waals surface area contributed by atoms with E-state index < -0.39 is 16.4 Å². The van der Waals surface area contributed by atoms with Gasteiger partial charge < -0.3 is 19.9 Å². The highest BCUT2D eigenvalue weighted by atomic mass is 16.6. The summed E-state index contributed by atoms with van der Waals surface area (Å²) in [7, 11) is 0. The molecule has 2 spiro atoms. The Hall–Kier alpha value is -4.02. The molecule has 2 aromatic rings. The summed E-state index contributed by atoms with van der Waals surface area (Å²) in [5.41, 5.74) is 3.68. The average molecular weight is 545 g/mol. The minimum Gasteiger partial charge on any atom is -0.371 e. The van der Waals surface area contributed by atoms with Crippen molar-refractivity contribution in [1.82, 2.24) is 10.3 Å². The van der Waals surface area contributed by atoms with Gasteiger partial charge in [0.2, 0.25) is 17.7 Å². The zero-order valence-corrected chi connectivity index (χ0v) is 22.3. The van der Waals surface area contributed by atoms with Crippen LogP contribution in [0.2, 0.25) is 0 Å². The summed E-state index contributed by atoms with van der Waals surface area (Å²) >= 11 is 0. The Morgan fingerprint density at radius 2 is 1.57 bits per heavy atom. The van der Waals surface area contributed by atoms with Crippen LogP contribution in [-0.2, 0) is 19.8 Å². The van der Waals surface area contributed by atoms with E-state index in [1.807, 2.05) is 12.1 Å². The van der Waals surface area contributed by atoms with Gasteiger partial charge in [-0.15, -0.1) is 0 Å². The number of amides is 3. The highest BCUT2D eigenvalue weighted by Crippen LogP contribution is 2.61. The largest absolute Gasteiger partial charge is 0.371 e. The number of aromatic nitrogens is 1. The maximum absolute atomic E-state index is 13.7. The lowest BCUT2D eigenvalue weighted by Gasteiger charge is -2.48. The number of hydrogen-bond donors (Lipinski definition) is 1. The van der Waals surface area contributed by atoms with Crippen molar-refractivity contribution in [1.29, 1.82) is 0 Å². The fourth-order valence-corrected chi connectivity index (χ4v) is 7.39. The Labute approximate surface area is 231 Å². The second-order valence-corrected chi connectivity index (χ2v) is 12.0. The standard InChI is InChI=1S/C29H32N6O5/c36-24-7-5-22(26(37)31-24)34-21-3-1-2-20(25(21)29(8-9-29)27(34)38)33-16-12-28(13-17-33)10-14-32(15-11-28)19-4-6-23(30-18-19)35(39)40/h1-4,6,18,22H,5,7-17H2,(H,31,36,37). The van der Waals surface area contributed by atoms with Crippen LogP contribution in [0.25, 0.3) is 0 Å². The molecule has 40 heavy (non-hydrogen) atoms. The molecule has 11 nitrogen and oxygen atoms in total. The molecule has 1 unspecified atom stereocenters. The number of carbonyl (C=O) groups is 3. The van der Waals surface area contributed by atoms with Gasteiger partial charge in [0.1, 0.15) is 6.04 Å². The zero-order valence-electron chi connectivity index (χ0n) is 22.3. The van der Waals surface area contributed by atoms with Gasteiger partial charge in [0.15, 0.2) is 6.20 Å². The first-order chi connectivity index (χ1) is 19.3. The van der Waals surface area contributed by atoms with E-state index in [9.17, 15) is 24.5 Å². The molecule has 5 aliphatic rings. The number of nitrogens with zero attached hydrogens (tertiary/aromatic N) is 5. The van der Waals surface area contributed by atoms with E-state index >= 15 is 0 Å². The molecule has 3 saturated heterocycles. The summed E-state index contributed by atoms with van der Waals surface area (Å²) in [5, 5.41) is 13.3. The fraction of sp³-hybridized carbons (Fsp3) is 0.517. The van der Waals surface area contributed by atoms with Crippen LogP contribution >= 0.6 is 0 Å². The normalized spacial score (nSPS) is 24.9. The highest BCUT2D eigenvalue weighted by molar-refractivity contribution is 6.16. The Bertz CT molecular complexity index is 1400. The summed E-state index contributed by atoms with van der Waals surface area (Å²) in [5.74, 6) is -0.784. The molecular formula is C29H32N6O5. The molecule has 0 radical (unpaired) electrons. The smallest absolute Gasteiger partial charge is 0.363 e. The first-order valence-electron chi connectivity index (χ1n) is 14.2. The average Bonchev–Trinajstić information content (AvgIpc) is 3.73. The quantitative estimate of drug-likeness (QED) is 0.353. The molecule has 1 N–H and O–H groups in total. The molecule has 1 aromatic heterocycles. The second-order valence-electron chi connectivity index (χ2n) is 12.0. The number of imide groups is 1. The lowest BCUT2D eigenvalue weighted by Crippen LogP contribution is -2.54. The van der Waals surface area contributed by atoms with Crippen LogP contribution in [0, 0.1) is 15.5 Å². The van der Waals surface area contributed by atoms with Gasteiger partial charge in [0.05, 0.1) is 16.8 Å². The fourth-order valence-electron chi connectivity index (χ4n) is 7.39. The number of hydrogen-bond acceptors (Lipinski definition) is 8. The van der Waals surface area contributed by atoms with Crippen molar-refractivity contribution in [2.24, 2.45) is 5.41 Å². The minimum atomic E-state index is -0.639. The summed E-state index contributed by atoms with van der Waals surface area (Å²) in [4.78, 5) is 59.0. The number of nitro groups is 1. The van der Waals surface area contributed by atoms with Crippen LogP contribution in [0.5, 0.6) is 0 Å². The molecule has 3 amide bonds. The van der Waals surface area contributed by atoms with Crippen molar-refractivity contribution >= 4 is 40.6 Å². The van der Waals surface area contributed by atoms with E-state index in [4.69, 9.17) is 0 Å². The van der Waals surface area contributed by atoms with Gasteiger partial charge in [-0.1, -0.05) is 6.07 Å². The van der Waals surface area contributed by atoms with Crippen LogP contribution < -0.4 is 20.0 Å². The topological polar surface area (TPSA) is 129 Å². The monoisotopic (exact) mass is 544 g/mol. The van der Waals surface area contributed by atoms with Gasteiger partial charge in [0.25, 0.3) is 0 Å². The van der Waals surface area contributed by atoms with Gasteiger partial charge in [-0.3, -0.25) is 24.6 Å². The van der Waals surface area contributed by atoms with Crippen molar-refractivity contribution < 1.29 is 19.3 Å². The molecule has 1 saturated carbocycles. The SMILES string of the molecule is O=C1CCC(N2C(=O)C3(CC3)c3c(N4CCC5(CCN(c6ccc([N+](=O)[O-])nc6)CC5)CC4)cccc32)C(=O)N1. The molecule has 5 heterocycles. The number of pyridine rings is 1. The van der Waals surface area contributed by atoms with Gasteiger partial charge in [-0.2, -0.15) is 0 Å². The third kappa shape index (κ3) is 3.85. The molecular weight excluding hydrogens is 512 g/mol. The van der Waals surface area contributed by atoms with E-state index in [2.05, 4.69) is 26.2 Å². The molecule has 1 aromatic carbocycles. The van der Waals surface area contributed by atoms with Crippen molar-refractivity contribution in [3.05, 3.63) is 52.2 Å². The number of benzene rings is 1. The molecule has 1 aliphatic carbocycles. The lowest BCUT2D eigenvalue weighted by molar-refractivity contribution is -0.389. The van der Waals surface area contributed by atoms with Crippen LogP contribution in [0.15, 0.2) is 36.5 Å². The predicted octanol–water partition coefficient (Wildman–Crippen LogP) is 3.06. The molecule has 208 valence electrons. The number of anilines is 3.